The first-order valence-electron chi connectivity index (χ1n) is 8.62. The minimum atomic E-state index is -3.62. The molecule has 1 aromatic carbocycles. The monoisotopic (exact) mass is 375 g/mol. The normalized spacial score (nSPS) is 18.1. The van der Waals surface area contributed by atoms with E-state index in [0.717, 1.165) is 17.7 Å². The molecule has 1 saturated heterocycles. The van der Waals surface area contributed by atoms with Crippen LogP contribution in [0.5, 0.6) is 0 Å². The minimum absolute atomic E-state index is 0.151. The van der Waals surface area contributed by atoms with Crippen molar-refractivity contribution >= 4 is 21.6 Å². The molecule has 0 atom stereocenters. The molecule has 0 spiro atoms. The lowest BCUT2D eigenvalue weighted by molar-refractivity contribution is 0.0730. The molecule has 1 fully saturated rings. The number of carbonyl (C=O) groups excluding carboxylic acids is 1. The maximum atomic E-state index is 13.0. The van der Waals surface area contributed by atoms with Crippen LogP contribution in [-0.2, 0) is 28.2 Å². The van der Waals surface area contributed by atoms with Crippen molar-refractivity contribution in [1.29, 1.82) is 0 Å². The van der Waals surface area contributed by atoms with Crippen molar-refractivity contribution < 1.29 is 17.9 Å². The van der Waals surface area contributed by atoms with E-state index in [2.05, 4.69) is 0 Å². The molecule has 2 aromatic rings. The van der Waals surface area contributed by atoms with E-state index in [1.165, 1.54) is 16.6 Å². The van der Waals surface area contributed by atoms with E-state index in [1.807, 2.05) is 24.3 Å². The molecule has 0 bridgehead atoms. The number of fused-ring (bicyclic) bond motifs is 1. The molecular weight excluding hydrogens is 354 g/mol. The maximum Gasteiger partial charge on any atom is 0.274 e. The lowest BCUT2D eigenvalue weighted by Gasteiger charge is -2.25. The van der Waals surface area contributed by atoms with Gasteiger partial charge in [-0.15, -0.1) is 0 Å². The number of morpholine rings is 1. The minimum Gasteiger partial charge on any atom is -0.379 e. The van der Waals surface area contributed by atoms with Gasteiger partial charge in [0.25, 0.3) is 5.91 Å². The summed E-state index contributed by atoms with van der Waals surface area (Å²) >= 11 is 0. The number of rotatable bonds is 3. The van der Waals surface area contributed by atoms with Crippen LogP contribution in [0.4, 0.5) is 5.69 Å². The van der Waals surface area contributed by atoms with Gasteiger partial charge in [-0.3, -0.25) is 4.79 Å². The smallest absolute Gasteiger partial charge is 0.274 e. The summed E-state index contributed by atoms with van der Waals surface area (Å²) in [6, 6.07) is 9.29. The number of aromatic nitrogens is 1. The fraction of sp³-hybridized carbons (Fsp3) is 0.389. The van der Waals surface area contributed by atoms with E-state index in [1.54, 1.807) is 16.5 Å². The number of ether oxygens (including phenoxy) is 1. The molecule has 0 aliphatic carbocycles. The van der Waals surface area contributed by atoms with Gasteiger partial charge in [-0.25, -0.2) is 8.42 Å². The number of anilines is 1. The van der Waals surface area contributed by atoms with E-state index in [4.69, 9.17) is 4.74 Å². The Morgan fingerprint density at radius 2 is 1.85 bits per heavy atom. The Bertz CT molecular complexity index is 945. The van der Waals surface area contributed by atoms with Crippen molar-refractivity contribution in [1.82, 2.24) is 8.87 Å². The van der Waals surface area contributed by atoms with Crippen molar-refractivity contribution in [3.8, 4) is 0 Å². The predicted molar refractivity (Wildman–Crippen MR) is 96.8 cm³/mol. The highest BCUT2D eigenvalue weighted by molar-refractivity contribution is 7.89. The number of sulfonamides is 1. The van der Waals surface area contributed by atoms with Crippen LogP contribution in [0.25, 0.3) is 0 Å². The molecule has 0 unspecified atom stereocenters. The second kappa shape index (κ2) is 6.53. The average molecular weight is 375 g/mol. The van der Waals surface area contributed by atoms with Crippen LogP contribution in [0.3, 0.4) is 0 Å². The SMILES string of the molecule is Cn1cc(S(=O)(=O)N2CCOCC2)cc1C(=O)N1CCc2ccccc21. The third-order valence-electron chi connectivity index (χ3n) is 4.94. The largest absolute Gasteiger partial charge is 0.379 e. The summed E-state index contributed by atoms with van der Waals surface area (Å²) in [6.07, 6.45) is 2.32. The summed E-state index contributed by atoms with van der Waals surface area (Å²) in [6.45, 7) is 2.06. The summed E-state index contributed by atoms with van der Waals surface area (Å²) < 4.78 is 33.9. The van der Waals surface area contributed by atoms with Crippen LogP contribution in [-0.4, -0.2) is 56.0 Å². The molecule has 4 rings (SSSR count). The number of hydrogen-bond acceptors (Lipinski definition) is 4. The number of para-hydroxylation sites is 1. The van der Waals surface area contributed by atoms with E-state index in [-0.39, 0.29) is 10.8 Å². The van der Waals surface area contributed by atoms with Crippen LogP contribution in [0.2, 0.25) is 0 Å². The number of carbonyl (C=O) groups is 1. The average Bonchev–Trinajstić information content (AvgIpc) is 3.26. The lowest BCUT2D eigenvalue weighted by Crippen LogP contribution is -2.40. The summed E-state index contributed by atoms with van der Waals surface area (Å²) in [5.41, 5.74) is 2.40. The Labute approximate surface area is 152 Å². The quantitative estimate of drug-likeness (QED) is 0.809. The van der Waals surface area contributed by atoms with E-state index in [0.29, 0.717) is 38.5 Å². The van der Waals surface area contributed by atoms with E-state index in [9.17, 15) is 13.2 Å². The Balaban J connectivity index is 1.64. The molecule has 138 valence electrons. The van der Waals surface area contributed by atoms with Crippen molar-refractivity contribution in [2.24, 2.45) is 7.05 Å². The van der Waals surface area contributed by atoms with Crippen LogP contribution in [0.1, 0.15) is 16.1 Å². The zero-order valence-corrected chi connectivity index (χ0v) is 15.4. The van der Waals surface area contributed by atoms with Crippen molar-refractivity contribution in [3.63, 3.8) is 0 Å². The highest BCUT2D eigenvalue weighted by Gasteiger charge is 2.31. The van der Waals surface area contributed by atoms with Gasteiger partial charge >= 0.3 is 0 Å². The molecule has 8 heteroatoms. The van der Waals surface area contributed by atoms with Crippen LogP contribution in [0.15, 0.2) is 41.4 Å². The first-order chi connectivity index (χ1) is 12.5. The third-order valence-corrected chi connectivity index (χ3v) is 6.80. The number of nitrogens with zero attached hydrogens (tertiary/aromatic N) is 3. The summed E-state index contributed by atoms with van der Waals surface area (Å²) in [5, 5.41) is 0. The number of aryl methyl sites for hydroxylation is 1. The molecule has 0 saturated carbocycles. The van der Waals surface area contributed by atoms with Gasteiger partial charge in [0.2, 0.25) is 10.0 Å². The van der Waals surface area contributed by atoms with Crippen LogP contribution >= 0.6 is 0 Å². The summed E-state index contributed by atoms with van der Waals surface area (Å²) in [7, 11) is -1.92. The fourth-order valence-electron chi connectivity index (χ4n) is 3.51. The van der Waals surface area contributed by atoms with Crippen molar-refractivity contribution in [3.05, 3.63) is 47.8 Å². The molecule has 3 heterocycles. The van der Waals surface area contributed by atoms with Gasteiger partial charge < -0.3 is 14.2 Å². The molecule has 1 aromatic heterocycles. The van der Waals surface area contributed by atoms with Crippen LogP contribution in [0, 0.1) is 0 Å². The van der Waals surface area contributed by atoms with Gasteiger partial charge in [0.1, 0.15) is 10.6 Å². The zero-order chi connectivity index (χ0) is 18.3. The van der Waals surface area contributed by atoms with Gasteiger partial charge in [0.15, 0.2) is 0 Å². The fourth-order valence-corrected chi connectivity index (χ4v) is 4.99. The number of amides is 1. The first kappa shape index (κ1) is 17.3. The summed E-state index contributed by atoms with van der Waals surface area (Å²) in [5.74, 6) is -0.180. The van der Waals surface area contributed by atoms with E-state index >= 15 is 0 Å². The topological polar surface area (TPSA) is 71.9 Å². The second-order valence-electron chi connectivity index (χ2n) is 6.52. The van der Waals surface area contributed by atoms with Crippen LogP contribution < -0.4 is 4.90 Å². The molecular formula is C18H21N3O4S. The standard InChI is InChI=1S/C18H21N3O4S/c1-19-13-15(26(23,24)20-8-10-25-11-9-20)12-17(19)18(22)21-7-6-14-4-2-3-5-16(14)21/h2-5,12-13H,6-11H2,1H3. The van der Waals surface area contributed by atoms with Gasteiger partial charge in [0, 0.05) is 38.6 Å². The Kier molecular flexibility index (Phi) is 4.34. The molecule has 0 N–H and O–H groups in total. The first-order valence-corrected chi connectivity index (χ1v) is 10.1. The Hall–Kier alpha value is -2.16. The number of benzene rings is 1. The van der Waals surface area contributed by atoms with Crippen molar-refractivity contribution in [2.75, 3.05) is 37.7 Å². The van der Waals surface area contributed by atoms with Crippen molar-refractivity contribution in [2.45, 2.75) is 11.3 Å². The van der Waals surface area contributed by atoms with Gasteiger partial charge in [-0.1, -0.05) is 18.2 Å². The highest BCUT2D eigenvalue weighted by atomic mass is 32.2. The highest BCUT2D eigenvalue weighted by Crippen LogP contribution is 2.29. The molecule has 1 amide bonds. The lowest BCUT2D eigenvalue weighted by atomic mass is 10.2. The Morgan fingerprint density at radius 1 is 1.12 bits per heavy atom. The molecule has 0 radical (unpaired) electrons. The third kappa shape index (κ3) is 2.84. The molecule has 2 aliphatic rings. The van der Waals surface area contributed by atoms with Gasteiger partial charge in [0.05, 0.1) is 13.2 Å². The van der Waals surface area contributed by atoms with E-state index < -0.39 is 10.0 Å². The molecule has 2 aliphatic heterocycles. The maximum absolute atomic E-state index is 13.0. The van der Waals surface area contributed by atoms with Gasteiger partial charge in [-0.2, -0.15) is 4.31 Å². The second-order valence-corrected chi connectivity index (χ2v) is 8.46. The predicted octanol–water partition coefficient (Wildman–Crippen LogP) is 1.25. The zero-order valence-electron chi connectivity index (χ0n) is 14.6. The molecule has 7 nitrogen and oxygen atoms in total. The Morgan fingerprint density at radius 3 is 2.62 bits per heavy atom. The number of hydrogen-bond donors (Lipinski definition) is 0. The van der Waals surface area contributed by atoms with Gasteiger partial charge in [-0.05, 0) is 24.1 Å². The summed E-state index contributed by atoms with van der Waals surface area (Å²) in [4.78, 5) is 14.9. The molecule has 26 heavy (non-hydrogen) atoms.